The minimum atomic E-state index is 0.119. The van der Waals surface area contributed by atoms with Gasteiger partial charge >= 0.3 is 0 Å². The van der Waals surface area contributed by atoms with Gasteiger partial charge in [-0.25, -0.2) is 4.98 Å². The molecular formula is C17H16N2O2S2. The fourth-order valence-electron chi connectivity index (χ4n) is 3.05. The van der Waals surface area contributed by atoms with Crippen LogP contribution < -0.4 is 10.2 Å². The lowest BCUT2D eigenvalue weighted by Gasteiger charge is -2.08. The second kappa shape index (κ2) is 5.69. The van der Waals surface area contributed by atoms with Crippen LogP contribution >= 0.6 is 23.1 Å². The Morgan fingerprint density at radius 1 is 1.26 bits per heavy atom. The summed E-state index contributed by atoms with van der Waals surface area (Å²) >= 11 is 3.27. The van der Waals surface area contributed by atoms with Crippen LogP contribution in [0.3, 0.4) is 0 Å². The summed E-state index contributed by atoms with van der Waals surface area (Å²) in [6, 6.07) is 7.87. The van der Waals surface area contributed by atoms with Gasteiger partial charge in [0.25, 0.3) is 0 Å². The van der Waals surface area contributed by atoms with E-state index in [1.807, 2.05) is 30.5 Å². The monoisotopic (exact) mass is 344 g/mol. The number of fused-ring (bicyclic) bond motifs is 2. The summed E-state index contributed by atoms with van der Waals surface area (Å²) in [4.78, 5) is 19.5. The molecule has 1 aliphatic rings. The third-order valence-corrected chi connectivity index (χ3v) is 6.10. The first-order valence-electron chi connectivity index (χ1n) is 7.48. The van der Waals surface area contributed by atoms with E-state index in [1.165, 1.54) is 4.88 Å². The van der Waals surface area contributed by atoms with Crippen LogP contribution in [0.5, 0.6) is 5.75 Å². The number of methoxy groups -OCH3 is 1. The molecule has 4 nitrogen and oxygen atoms in total. The van der Waals surface area contributed by atoms with Crippen LogP contribution in [-0.2, 0) is 12.8 Å². The minimum absolute atomic E-state index is 0.119. The molecule has 0 saturated carbocycles. The normalized spacial score (nSPS) is 13.5. The highest BCUT2D eigenvalue weighted by Gasteiger charge is 2.22. The van der Waals surface area contributed by atoms with Crippen LogP contribution in [0.15, 0.2) is 34.2 Å². The molecule has 0 bridgehead atoms. The maximum atomic E-state index is 12.7. The summed E-state index contributed by atoms with van der Waals surface area (Å²) in [6.45, 7) is 0. The summed E-state index contributed by atoms with van der Waals surface area (Å²) < 4.78 is 7.32. The number of imidazole rings is 1. The molecule has 4 rings (SSSR count). The van der Waals surface area contributed by atoms with Crippen molar-refractivity contribution in [2.75, 3.05) is 13.4 Å². The topological polar surface area (TPSA) is 44.1 Å². The number of aryl methyl sites for hydroxylation is 1. The third-order valence-electron chi connectivity index (χ3n) is 4.19. The van der Waals surface area contributed by atoms with Gasteiger partial charge in [0, 0.05) is 16.1 Å². The Kier molecular flexibility index (Phi) is 3.66. The molecular weight excluding hydrogens is 328 g/mol. The summed E-state index contributed by atoms with van der Waals surface area (Å²) in [6.07, 6.45) is 4.97. The van der Waals surface area contributed by atoms with Gasteiger partial charge in [-0.05, 0) is 49.8 Å². The van der Waals surface area contributed by atoms with Crippen LogP contribution in [0.2, 0.25) is 0 Å². The lowest BCUT2D eigenvalue weighted by Crippen LogP contribution is -2.07. The second-order valence-electron chi connectivity index (χ2n) is 5.47. The summed E-state index contributed by atoms with van der Waals surface area (Å²) in [5.74, 6) is 0.818. The Hall–Kier alpha value is -1.79. The Morgan fingerprint density at radius 2 is 2.04 bits per heavy atom. The average Bonchev–Trinajstić information content (AvgIpc) is 3.20. The van der Waals surface area contributed by atoms with E-state index < -0.39 is 0 Å². The van der Waals surface area contributed by atoms with Crippen molar-refractivity contribution in [2.24, 2.45) is 0 Å². The van der Waals surface area contributed by atoms with Gasteiger partial charge in [0.15, 0.2) is 5.16 Å². The fourth-order valence-corrected chi connectivity index (χ4v) is 4.99. The van der Waals surface area contributed by atoms with E-state index in [0.29, 0.717) is 5.52 Å². The van der Waals surface area contributed by atoms with Crippen LogP contribution in [0.4, 0.5) is 0 Å². The molecule has 23 heavy (non-hydrogen) atoms. The van der Waals surface area contributed by atoms with Crippen molar-refractivity contribution >= 4 is 33.4 Å². The largest absolute Gasteiger partial charge is 0.497 e. The summed E-state index contributed by atoms with van der Waals surface area (Å²) in [5, 5.41) is 0.849. The number of aromatic nitrogens is 2. The zero-order chi connectivity index (χ0) is 16.0. The van der Waals surface area contributed by atoms with Gasteiger partial charge in [-0.1, -0.05) is 11.8 Å². The molecule has 0 fully saturated rings. The average molecular weight is 344 g/mol. The molecule has 2 aromatic heterocycles. The quantitative estimate of drug-likeness (QED) is 0.680. The molecule has 6 heteroatoms. The molecule has 1 aliphatic carbocycles. The number of benzene rings is 1. The minimum Gasteiger partial charge on any atom is -0.497 e. The molecule has 3 aromatic rings. The highest BCUT2D eigenvalue weighted by atomic mass is 32.2. The number of ether oxygens (including phenoxy) is 1. The van der Waals surface area contributed by atoms with Crippen molar-refractivity contribution in [3.05, 3.63) is 44.9 Å². The summed E-state index contributed by atoms with van der Waals surface area (Å²) in [7, 11) is 1.66. The zero-order valence-electron chi connectivity index (χ0n) is 13.0. The Labute approximate surface area is 142 Å². The van der Waals surface area contributed by atoms with E-state index in [-0.39, 0.29) is 5.43 Å². The maximum absolute atomic E-state index is 12.7. The van der Waals surface area contributed by atoms with Crippen LogP contribution in [-0.4, -0.2) is 22.9 Å². The first-order chi connectivity index (χ1) is 11.2. The zero-order valence-corrected chi connectivity index (χ0v) is 14.6. The fraction of sp³-hybridized carbons (Fsp3) is 0.294. The Bertz CT molecular complexity index is 942. The molecule has 0 spiro atoms. The van der Waals surface area contributed by atoms with Gasteiger partial charge in [-0.15, -0.1) is 11.3 Å². The highest BCUT2D eigenvalue weighted by Crippen LogP contribution is 2.33. The van der Waals surface area contributed by atoms with Crippen molar-refractivity contribution in [1.82, 2.24) is 9.55 Å². The molecule has 118 valence electrons. The molecule has 0 N–H and O–H groups in total. The van der Waals surface area contributed by atoms with E-state index in [9.17, 15) is 4.79 Å². The van der Waals surface area contributed by atoms with Crippen molar-refractivity contribution in [1.29, 1.82) is 0 Å². The lowest BCUT2D eigenvalue weighted by molar-refractivity contribution is 0.414. The predicted molar refractivity (Wildman–Crippen MR) is 95.6 cm³/mol. The Morgan fingerprint density at radius 3 is 2.74 bits per heavy atom. The standard InChI is InChI=1S/C17H16N2O2S2/c1-21-11-8-6-10(7-9-11)19-16-14(18-17(19)22-2)15(20)12-4-3-5-13(12)23-16/h6-9H,3-5H2,1-2H3. The molecule has 0 atom stereocenters. The van der Waals surface area contributed by atoms with E-state index in [0.717, 1.165) is 46.2 Å². The first kappa shape index (κ1) is 14.8. The smallest absolute Gasteiger partial charge is 0.211 e. The van der Waals surface area contributed by atoms with Gasteiger partial charge < -0.3 is 4.74 Å². The number of thioether (sulfide) groups is 1. The molecule has 0 unspecified atom stereocenters. The number of rotatable bonds is 3. The van der Waals surface area contributed by atoms with Crippen LogP contribution in [0, 0.1) is 0 Å². The lowest BCUT2D eigenvalue weighted by atomic mass is 10.2. The van der Waals surface area contributed by atoms with Crippen LogP contribution in [0.1, 0.15) is 16.9 Å². The molecule has 0 aliphatic heterocycles. The van der Waals surface area contributed by atoms with Gasteiger partial charge in [0.1, 0.15) is 16.1 Å². The maximum Gasteiger partial charge on any atom is 0.211 e. The van der Waals surface area contributed by atoms with Crippen molar-refractivity contribution < 1.29 is 4.74 Å². The molecule has 2 heterocycles. The molecule has 1 aromatic carbocycles. The molecule has 0 amide bonds. The molecule has 0 radical (unpaired) electrons. The van der Waals surface area contributed by atoms with E-state index in [1.54, 1.807) is 30.2 Å². The van der Waals surface area contributed by atoms with Crippen LogP contribution in [0.25, 0.3) is 16.0 Å². The first-order valence-corrected chi connectivity index (χ1v) is 9.52. The van der Waals surface area contributed by atoms with E-state index >= 15 is 0 Å². The van der Waals surface area contributed by atoms with Crippen molar-refractivity contribution in [3.63, 3.8) is 0 Å². The van der Waals surface area contributed by atoms with Gasteiger partial charge in [-0.2, -0.15) is 0 Å². The van der Waals surface area contributed by atoms with Crippen molar-refractivity contribution in [3.8, 4) is 11.4 Å². The van der Waals surface area contributed by atoms with E-state index in [2.05, 4.69) is 9.55 Å². The Balaban J connectivity index is 2.01. The van der Waals surface area contributed by atoms with Crippen molar-refractivity contribution in [2.45, 2.75) is 24.4 Å². The third kappa shape index (κ3) is 2.28. The van der Waals surface area contributed by atoms with Gasteiger partial charge in [-0.3, -0.25) is 9.36 Å². The van der Waals surface area contributed by atoms with E-state index in [4.69, 9.17) is 4.74 Å². The predicted octanol–water partition coefficient (Wildman–Crippen LogP) is 3.67. The number of nitrogens with zero attached hydrogens (tertiary/aromatic N) is 2. The summed E-state index contributed by atoms with van der Waals surface area (Å²) in [5.41, 5.74) is 2.71. The van der Waals surface area contributed by atoms with Gasteiger partial charge in [0.05, 0.1) is 7.11 Å². The highest BCUT2D eigenvalue weighted by molar-refractivity contribution is 7.98. The SMILES string of the molecule is COc1ccc(-n2c(SC)nc3c(=O)c4c(sc32)CCC4)cc1. The van der Waals surface area contributed by atoms with Gasteiger partial charge in [0.2, 0.25) is 5.43 Å². The number of hydrogen-bond donors (Lipinski definition) is 0. The second-order valence-corrected chi connectivity index (χ2v) is 7.33. The molecule has 0 saturated heterocycles. The number of hydrogen-bond acceptors (Lipinski definition) is 5.